The van der Waals surface area contributed by atoms with Crippen LogP contribution in [0.3, 0.4) is 0 Å². The minimum Gasteiger partial charge on any atom is -0.486 e. The maximum Gasteiger partial charge on any atom is 0.331 e. The molecule has 2 aromatic carbocycles. The predicted octanol–water partition coefficient (Wildman–Crippen LogP) is 3.88. The van der Waals surface area contributed by atoms with Gasteiger partial charge < -0.3 is 19.1 Å². The molecule has 1 atom stereocenters. The molecule has 0 bridgehead atoms. The molecule has 2 aliphatic heterocycles. The summed E-state index contributed by atoms with van der Waals surface area (Å²) < 4.78 is 16.4. The zero-order valence-electron chi connectivity index (χ0n) is 18.4. The Bertz CT molecular complexity index is 963. The Morgan fingerprint density at radius 2 is 1.78 bits per heavy atom. The number of carbonyl (C=O) groups is 2. The van der Waals surface area contributed by atoms with Crippen molar-refractivity contribution in [3.05, 3.63) is 65.7 Å². The molecule has 0 radical (unpaired) electrons. The summed E-state index contributed by atoms with van der Waals surface area (Å²) in [6, 6.07) is 15.9. The zero-order valence-corrected chi connectivity index (χ0v) is 18.4. The Morgan fingerprint density at radius 3 is 2.53 bits per heavy atom. The van der Waals surface area contributed by atoms with Crippen LogP contribution in [0.1, 0.15) is 30.9 Å². The van der Waals surface area contributed by atoms with Gasteiger partial charge in [0.25, 0.3) is 5.91 Å². The fourth-order valence-electron chi connectivity index (χ4n) is 4.15. The van der Waals surface area contributed by atoms with Gasteiger partial charge in [-0.2, -0.15) is 0 Å². The number of hydrogen-bond acceptors (Lipinski definition) is 5. The van der Waals surface area contributed by atoms with Crippen molar-refractivity contribution in [2.24, 2.45) is 5.92 Å². The van der Waals surface area contributed by atoms with Crippen molar-refractivity contribution < 1.29 is 23.8 Å². The smallest absolute Gasteiger partial charge is 0.331 e. The number of piperidine rings is 1. The van der Waals surface area contributed by atoms with Crippen molar-refractivity contribution in [1.29, 1.82) is 0 Å². The van der Waals surface area contributed by atoms with Crippen LogP contribution in [0.4, 0.5) is 0 Å². The van der Waals surface area contributed by atoms with Gasteiger partial charge in [-0.1, -0.05) is 36.4 Å². The quantitative estimate of drug-likeness (QED) is 0.509. The van der Waals surface area contributed by atoms with Crippen LogP contribution in [-0.2, 0) is 20.7 Å². The summed E-state index contributed by atoms with van der Waals surface area (Å²) in [6.45, 7) is 4.07. The fourth-order valence-corrected chi connectivity index (χ4v) is 4.15. The second kappa shape index (κ2) is 10.4. The van der Waals surface area contributed by atoms with Gasteiger partial charge in [-0.3, -0.25) is 4.79 Å². The molecule has 1 fully saturated rings. The van der Waals surface area contributed by atoms with Gasteiger partial charge in [0.1, 0.15) is 13.2 Å². The molecule has 0 aromatic heterocycles. The summed E-state index contributed by atoms with van der Waals surface area (Å²) in [4.78, 5) is 26.8. The minimum atomic E-state index is -0.807. The Morgan fingerprint density at radius 1 is 1.06 bits per heavy atom. The van der Waals surface area contributed by atoms with E-state index in [9.17, 15) is 9.59 Å². The average Bonchev–Trinajstić information content (AvgIpc) is 2.83. The molecule has 168 valence electrons. The van der Waals surface area contributed by atoms with Crippen molar-refractivity contribution in [2.45, 2.75) is 32.3 Å². The minimum absolute atomic E-state index is 0.135. The lowest BCUT2D eigenvalue weighted by molar-refractivity contribution is -0.156. The summed E-state index contributed by atoms with van der Waals surface area (Å²) in [7, 11) is 0. The molecular weight excluding hydrogens is 406 g/mol. The molecule has 6 heteroatoms. The molecule has 0 saturated carbocycles. The Kier molecular flexibility index (Phi) is 7.10. The van der Waals surface area contributed by atoms with Gasteiger partial charge in [0, 0.05) is 19.2 Å². The van der Waals surface area contributed by atoms with Crippen molar-refractivity contribution in [2.75, 3.05) is 26.3 Å². The van der Waals surface area contributed by atoms with E-state index in [1.54, 1.807) is 13.0 Å². The molecule has 1 amide bonds. The molecule has 4 rings (SSSR count). The van der Waals surface area contributed by atoms with E-state index in [0.717, 1.165) is 24.8 Å². The molecule has 0 N–H and O–H groups in total. The maximum atomic E-state index is 12.7. The first-order valence-electron chi connectivity index (χ1n) is 11.2. The first-order valence-corrected chi connectivity index (χ1v) is 11.2. The number of amides is 1. The number of nitrogens with zero attached hydrogens (tertiary/aromatic N) is 1. The van der Waals surface area contributed by atoms with Gasteiger partial charge in [-0.25, -0.2) is 4.79 Å². The molecule has 2 aromatic rings. The van der Waals surface area contributed by atoms with Gasteiger partial charge in [0.15, 0.2) is 17.6 Å². The molecule has 2 aliphatic rings. The number of hydrogen-bond donors (Lipinski definition) is 0. The first-order chi connectivity index (χ1) is 15.6. The van der Waals surface area contributed by atoms with Crippen LogP contribution in [0.25, 0.3) is 6.08 Å². The lowest BCUT2D eigenvalue weighted by Gasteiger charge is -2.33. The largest absolute Gasteiger partial charge is 0.486 e. The van der Waals surface area contributed by atoms with Gasteiger partial charge >= 0.3 is 5.97 Å². The van der Waals surface area contributed by atoms with E-state index in [0.29, 0.717) is 43.7 Å². The lowest BCUT2D eigenvalue weighted by Crippen LogP contribution is -2.44. The van der Waals surface area contributed by atoms with Gasteiger partial charge in [-0.15, -0.1) is 0 Å². The van der Waals surface area contributed by atoms with Crippen LogP contribution in [0.5, 0.6) is 11.5 Å². The Hall–Kier alpha value is -3.28. The van der Waals surface area contributed by atoms with Crippen molar-refractivity contribution in [3.63, 3.8) is 0 Å². The molecule has 0 spiro atoms. The molecular formula is C26H29NO5. The topological polar surface area (TPSA) is 65.1 Å². The van der Waals surface area contributed by atoms with E-state index in [2.05, 4.69) is 24.3 Å². The number of ether oxygens (including phenoxy) is 3. The van der Waals surface area contributed by atoms with Crippen LogP contribution in [0, 0.1) is 5.92 Å². The summed E-state index contributed by atoms with van der Waals surface area (Å²) in [5, 5.41) is 0. The number of fused-ring (bicyclic) bond motifs is 1. The van der Waals surface area contributed by atoms with E-state index in [-0.39, 0.29) is 5.91 Å². The third-order valence-corrected chi connectivity index (χ3v) is 5.91. The molecule has 6 nitrogen and oxygen atoms in total. The highest BCUT2D eigenvalue weighted by molar-refractivity contribution is 5.90. The van der Waals surface area contributed by atoms with Crippen LogP contribution in [0.15, 0.2) is 54.6 Å². The highest BCUT2D eigenvalue weighted by Crippen LogP contribution is 2.31. The number of likely N-dealkylation sites (tertiary alicyclic amines) is 1. The first kappa shape index (κ1) is 21.9. The van der Waals surface area contributed by atoms with Crippen LogP contribution < -0.4 is 9.47 Å². The zero-order chi connectivity index (χ0) is 22.3. The second-order valence-electron chi connectivity index (χ2n) is 8.27. The van der Waals surface area contributed by atoms with Gasteiger partial charge in [0.05, 0.1) is 0 Å². The third-order valence-electron chi connectivity index (χ3n) is 5.91. The summed E-state index contributed by atoms with van der Waals surface area (Å²) in [5.41, 5.74) is 2.13. The molecule has 32 heavy (non-hydrogen) atoms. The number of rotatable bonds is 6. The van der Waals surface area contributed by atoms with E-state index in [4.69, 9.17) is 14.2 Å². The van der Waals surface area contributed by atoms with E-state index in [1.807, 2.05) is 29.2 Å². The van der Waals surface area contributed by atoms with Crippen molar-refractivity contribution in [3.8, 4) is 11.5 Å². The van der Waals surface area contributed by atoms with E-state index in [1.165, 1.54) is 11.6 Å². The molecule has 1 saturated heterocycles. The monoisotopic (exact) mass is 435 g/mol. The Balaban J connectivity index is 1.23. The SMILES string of the molecule is CC(OC(=O)C=Cc1ccc2c(c1)OCCO2)C(=O)N1CCC(Cc2ccccc2)CC1. The Labute approximate surface area is 188 Å². The van der Waals surface area contributed by atoms with Gasteiger partial charge in [-0.05, 0) is 61.4 Å². The molecule has 1 unspecified atom stereocenters. The lowest BCUT2D eigenvalue weighted by atomic mass is 9.90. The number of carbonyl (C=O) groups excluding carboxylic acids is 2. The predicted molar refractivity (Wildman–Crippen MR) is 121 cm³/mol. The van der Waals surface area contributed by atoms with E-state index >= 15 is 0 Å². The standard InChI is InChI=1S/C26H29NO5/c1-19(26(29)27-13-11-22(12-14-27)17-20-5-3-2-4-6-20)32-25(28)10-8-21-7-9-23-24(18-21)31-16-15-30-23/h2-10,18-19,22H,11-17H2,1H3. The second-order valence-corrected chi connectivity index (χ2v) is 8.27. The molecule has 0 aliphatic carbocycles. The maximum absolute atomic E-state index is 12.7. The number of benzene rings is 2. The summed E-state index contributed by atoms with van der Waals surface area (Å²) in [5.74, 6) is 1.26. The summed E-state index contributed by atoms with van der Waals surface area (Å²) in [6.07, 6.45) is 5.14. The van der Waals surface area contributed by atoms with E-state index < -0.39 is 12.1 Å². The fraction of sp³-hybridized carbons (Fsp3) is 0.385. The van der Waals surface area contributed by atoms with Crippen molar-refractivity contribution >= 4 is 18.0 Å². The summed E-state index contributed by atoms with van der Waals surface area (Å²) >= 11 is 0. The number of esters is 1. The molecule has 2 heterocycles. The average molecular weight is 436 g/mol. The highest BCUT2D eigenvalue weighted by atomic mass is 16.6. The highest BCUT2D eigenvalue weighted by Gasteiger charge is 2.27. The van der Waals surface area contributed by atoms with Crippen LogP contribution >= 0.6 is 0 Å². The third kappa shape index (κ3) is 5.69. The van der Waals surface area contributed by atoms with Crippen molar-refractivity contribution in [1.82, 2.24) is 4.90 Å². The van der Waals surface area contributed by atoms with Crippen LogP contribution in [-0.4, -0.2) is 49.2 Å². The normalized spacial score (nSPS) is 17.2. The van der Waals surface area contributed by atoms with Crippen LogP contribution in [0.2, 0.25) is 0 Å². The van der Waals surface area contributed by atoms with Gasteiger partial charge in [0.2, 0.25) is 0 Å².